The Morgan fingerprint density at radius 3 is 2.26 bits per heavy atom. The Labute approximate surface area is 120 Å². The highest BCUT2D eigenvalue weighted by Gasteiger charge is 2.44. The van der Waals surface area contributed by atoms with Crippen LogP contribution in [0.2, 0.25) is 0 Å². The Kier molecular flexibility index (Phi) is 5.34. The molecular weight excluding hydrogens is 230 g/mol. The van der Waals surface area contributed by atoms with Crippen molar-refractivity contribution in [3.8, 4) is 0 Å². The van der Waals surface area contributed by atoms with Gasteiger partial charge in [-0.2, -0.15) is 0 Å². The van der Waals surface area contributed by atoms with Gasteiger partial charge in [0, 0.05) is 6.04 Å². The van der Waals surface area contributed by atoms with Crippen molar-refractivity contribution in [3.63, 3.8) is 0 Å². The van der Waals surface area contributed by atoms with Gasteiger partial charge in [0.25, 0.3) is 0 Å². The van der Waals surface area contributed by atoms with E-state index < -0.39 is 0 Å². The third-order valence-electron chi connectivity index (χ3n) is 6.07. The molecule has 0 bridgehead atoms. The van der Waals surface area contributed by atoms with Crippen LogP contribution < -0.4 is 5.73 Å². The molecular formula is C18H35N. The van der Waals surface area contributed by atoms with E-state index in [-0.39, 0.29) is 0 Å². The van der Waals surface area contributed by atoms with E-state index in [1.54, 1.807) is 0 Å². The minimum atomic E-state index is 0.475. The van der Waals surface area contributed by atoms with Gasteiger partial charge < -0.3 is 5.73 Å². The second-order valence-corrected chi connectivity index (χ2v) is 7.81. The van der Waals surface area contributed by atoms with Gasteiger partial charge in [-0.1, -0.05) is 59.3 Å². The van der Waals surface area contributed by atoms with Gasteiger partial charge in [-0.15, -0.1) is 0 Å². The molecule has 19 heavy (non-hydrogen) atoms. The van der Waals surface area contributed by atoms with Crippen molar-refractivity contribution in [2.24, 2.45) is 28.9 Å². The van der Waals surface area contributed by atoms with E-state index >= 15 is 0 Å². The van der Waals surface area contributed by atoms with E-state index in [1.165, 1.54) is 64.2 Å². The van der Waals surface area contributed by atoms with E-state index in [4.69, 9.17) is 5.73 Å². The van der Waals surface area contributed by atoms with Crippen molar-refractivity contribution in [2.45, 2.75) is 91.0 Å². The molecule has 0 aromatic carbocycles. The normalized spacial score (nSPS) is 32.7. The first-order valence-electron chi connectivity index (χ1n) is 8.84. The predicted molar refractivity (Wildman–Crippen MR) is 84.1 cm³/mol. The number of nitrogens with two attached hydrogens (primary N) is 1. The maximum atomic E-state index is 6.90. The first-order valence-corrected chi connectivity index (χ1v) is 8.84. The summed E-state index contributed by atoms with van der Waals surface area (Å²) in [4.78, 5) is 0. The van der Waals surface area contributed by atoms with Gasteiger partial charge >= 0.3 is 0 Å². The zero-order valence-electron chi connectivity index (χ0n) is 13.5. The Bertz CT molecular complexity index is 265. The highest BCUT2D eigenvalue weighted by molar-refractivity contribution is 4.98. The molecule has 0 spiro atoms. The molecule has 1 heteroatoms. The van der Waals surface area contributed by atoms with E-state index in [2.05, 4.69) is 20.8 Å². The predicted octanol–water partition coefficient (Wildman–Crippen LogP) is 5.14. The van der Waals surface area contributed by atoms with Crippen LogP contribution in [-0.2, 0) is 0 Å². The molecule has 0 amide bonds. The minimum absolute atomic E-state index is 0.475. The van der Waals surface area contributed by atoms with Crippen LogP contribution in [0.1, 0.15) is 85.0 Å². The Morgan fingerprint density at radius 2 is 1.68 bits per heavy atom. The van der Waals surface area contributed by atoms with Crippen molar-refractivity contribution in [1.82, 2.24) is 0 Å². The molecule has 2 rings (SSSR count). The van der Waals surface area contributed by atoms with Crippen molar-refractivity contribution >= 4 is 0 Å². The lowest BCUT2D eigenvalue weighted by Crippen LogP contribution is -2.49. The summed E-state index contributed by atoms with van der Waals surface area (Å²) in [7, 11) is 0. The first kappa shape index (κ1) is 15.4. The second-order valence-electron chi connectivity index (χ2n) is 7.81. The molecule has 2 N–H and O–H groups in total. The van der Waals surface area contributed by atoms with Crippen LogP contribution in [-0.4, -0.2) is 6.04 Å². The van der Waals surface area contributed by atoms with Crippen LogP contribution in [0, 0.1) is 23.2 Å². The summed E-state index contributed by atoms with van der Waals surface area (Å²) in [6.07, 6.45) is 14.1. The van der Waals surface area contributed by atoms with Gasteiger partial charge in [0.1, 0.15) is 0 Å². The molecule has 2 aliphatic carbocycles. The van der Waals surface area contributed by atoms with E-state index in [1.807, 2.05) is 0 Å². The molecule has 0 radical (unpaired) electrons. The molecule has 1 nitrogen and oxygen atoms in total. The maximum Gasteiger partial charge on any atom is 0.0127 e. The fourth-order valence-electron chi connectivity index (χ4n) is 5.24. The minimum Gasteiger partial charge on any atom is -0.327 e. The first-order chi connectivity index (χ1) is 9.09. The fourth-order valence-corrected chi connectivity index (χ4v) is 5.24. The molecule has 112 valence electrons. The van der Waals surface area contributed by atoms with Gasteiger partial charge in [0.2, 0.25) is 0 Å². The molecule has 0 aromatic heterocycles. The smallest absolute Gasteiger partial charge is 0.0127 e. The van der Waals surface area contributed by atoms with Crippen molar-refractivity contribution in [3.05, 3.63) is 0 Å². The summed E-state index contributed by atoms with van der Waals surface area (Å²) < 4.78 is 0. The van der Waals surface area contributed by atoms with E-state index in [0.717, 1.165) is 17.8 Å². The molecule has 0 aromatic rings. The summed E-state index contributed by atoms with van der Waals surface area (Å²) in [5, 5.41) is 0. The van der Waals surface area contributed by atoms with Gasteiger partial charge in [0.15, 0.2) is 0 Å². The van der Waals surface area contributed by atoms with Gasteiger partial charge in [-0.25, -0.2) is 0 Å². The third kappa shape index (κ3) is 3.35. The summed E-state index contributed by atoms with van der Waals surface area (Å²) in [6, 6.07) is 0.475. The van der Waals surface area contributed by atoms with Crippen LogP contribution in [0.5, 0.6) is 0 Å². The second kappa shape index (κ2) is 6.61. The number of hydrogen-bond donors (Lipinski definition) is 1. The quantitative estimate of drug-likeness (QED) is 0.732. The molecule has 0 saturated heterocycles. The topological polar surface area (TPSA) is 26.0 Å². The summed E-state index contributed by atoms with van der Waals surface area (Å²) >= 11 is 0. The summed E-state index contributed by atoms with van der Waals surface area (Å²) in [5.74, 6) is 2.52. The van der Waals surface area contributed by atoms with Crippen LogP contribution in [0.3, 0.4) is 0 Å². The fraction of sp³-hybridized carbons (Fsp3) is 1.00. The molecule has 2 saturated carbocycles. The lowest BCUT2D eigenvalue weighted by atomic mass is 9.63. The van der Waals surface area contributed by atoms with Crippen molar-refractivity contribution in [2.75, 3.05) is 0 Å². The SMILES string of the molecule is CCC1CCCCC1C(N)C1(CC(C)C)CCCC1. The zero-order chi connectivity index (χ0) is 13.9. The standard InChI is InChI=1S/C18H35N/c1-4-15-9-5-6-10-16(15)17(19)18(13-14(2)3)11-7-8-12-18/h14-17H,4-13,19H2,1-3H3. The Morgan fingerprint density at radius 1 is 1.05 bits per heavy atom. The van der Waals surface area contributed by atoms with Crippen molar-refractivity contribution in [1.29, 1.82) is 0 Å². The van der Waals surface area contributed by atoms with E-state index in [9.17, 15) is 0 Å². The molecule has 3 atom stereocenters. The highest BCUT2D eigenvalue weighted by atomic mass is 14.7. The third-order valence-corrected chi connectivity index (χ3v) is 6.07. The molecule has 3 unspecified atom stereocenters. The molecule has 0 heterocycles. The maximum absolute atomic E-state index is 6.90. The molecule has 0 aliphatic heterocycles. The van der Waals surface area contributed by atoms with Crippen molar-refractivity contribution < 1.29 is 0 Å². The largest absolute Gasteiger partial charge is 0.327 e. The van der Waals surface area contributed by atoms with Gasteiger partial charge in [-0.05, 0) is 48.9 Å². The monoisotopic (exact) mass is 265 g/mol. The Hall–Kier alpha value is -0.0400. The van der Waals surface area contributed by atoms with Crippen LogP contribution in [0.4, 0.5) is 0 Å². The van der Waals surface area contributed by atoms with Gasteiger partial charge in [-0.3, -0.25) is 0 Å². The van der Waals surface area contributed by atoms with Crippen LogP contribution in [0.15, 0.2) is 0 Å². The number of hydrogen-bond acceptors (Lipinski definition) is 1. The van der Waals surface area contributed by atoms with E-state index in [0.29, 0.717) is 11.5 Å². The van der Waals surface area contributed by atoms with Crippen LogP contribution in [0.25, 0.3) is 0 Å². The zero-order valence-corrected chi connectivity index (χ0v) is 13.5. The summed E-state index contributed by atoms with van der Waals surface area (Å²) in [5.41, 5.74) is 7.39. The lowest BCUT2D eigenvalue weighted by Gasteiger charge is -2.45. The molecule has 2 fully saturated rings. The highest BCUT2D eigenvalue weighted by Crippen LogP contribution is 2.50. The van der Waals surface area contributed by atoms with Crippen LogP contribution >= 0.6 is 0 Å². The summed E-state index contributed by atoms with van der Waals surface area (Å²) in [6.45, 7) is 7.13. The average Bonchev–Trinajstić information content (AvgIpc) is 2.86. The van der Waals surface area contributed by atoms with Gasteiger partial charge in [0.05, 0.1) is 0 Å². The Balaban J connectivity index is 2.11. The number of rotatable bonds is 5. The average molecular weight is 265 g/mol. The molecule has 2 aliphatic rings. The lowest BCUT2D eigenvalue weighted by molar-refractivity contribution is 0.0820.